The SMILES string of the molecule is Cc1cccc(C[C@@H](O)C=C[C@@H]2[C@H]3CC(CCCCCN4CCCCC4)=C[C@H]3C[C@H]2O)c1. The Balaban J connectivity index is 1.19. The number of hydrogen-bond acceptors (Lipinski definition) is 3. The number of aliphatic hydroxyl groups is 2. The van der Waals surface area contributed by atoms with Gasteiger partial charge in [-0.15, -0.1) is 0 Å². The van der Waals surface area contributed by atoms with Crippen LogP contribution < -0.4 is 0 Å². The van der Waals surface area contributed by atoms with Crippen molar-refractivity contribution < 1.29 is 10.2 Å². The van der Waals surface area contributed by atoms with Crippen molar-refractivity contribution in [2.75, 3.05) is 19.6 Å². The van der Waals surface area contributed by atoms with Crippen LogP contribution in [0.3, 0.4) is 0 Å². The van der Waals surface area contributed by atoms with E-state index in [1.807, 2.05) is 12.1 Å². The number of unbranched alkanes of at least 4 members (excludes halogenated alkanes) is 2. The Labute approximate surface area is 195 Å². The van der Waals surface area contributed by atoms with E-state index in [-0.39, 0.29) is 12.0 Å². The quantitative estimate of drug-likeness (QED) is 0.378. The summed E-state index contributed by atoms with van der Waals surface area (Å²) in [5.41, 5.74) is 4.00. The van der Waals surface area contributed by atoms with Crippen LogP contribution in [0.25, 0.3) is 0 Å². The minimum absolute atomic E-state index is 0.181. The number of aliphatic hydroxyl groups excluding tert-OH is 2. The molecule has 1 aromatic carbocycles. The Kier molecular flexibility index (Phi) is 8.62. The zero-order chi connectivity index (χ0) is 22.3. The average Bonchev–Trinajstić information content (AvgIpc) is 3.29. The summed E-state index contributed by atoms with van der Waals surface area (Å²) in [7, 11) is 0. The number of fused-ring (bicyclic) bond motifs is 1. The van der Waals surface area contributed by atoms with Gasteiger partial charge in [0.2, 0.25) is 0 Å². The van der Waals surface area contributed by atoms with E-state index in [0.717, 1.165) is 18.4 Å². The summed E-state index contributed by atoms with van der Waals surface area (Å²) < 4.78 is 0. The number of allylic oxidation sites excluding steroid dienone is 2. The van der Waals surface area contributed by atoms with Gasteiger partial charge in [0.25, 0.3) is 0 Å². The van der Waals surface area contributed by atoms with E-state index in [2.05, 4.69) is 42.2 Å². The average molecular weight is 438 g/mol. The molecular formula is C29H43NO2. The van der Waals surface area contributed by atoms with Crippen LogP contribution in [0.1, 0.15) is 68.9 Å². The van der Waals surface area contributed by atoms with Crippen molar-refractivity contribution in [3.63, 3.8) is 0 Å². The zero-order valence-corrected chi connectivity index (χ0v) is 20.0. The van der Waals surface area contributed by atoms with Gasteiger partial charge in [-0.05, 0) is 88.9 Å². The van der Waals surface area contributed by atoms with Crippen LogP contribution in [-0.4, -0.2) is 47.0 Å². The molecule has 0 spiro atoms. The standard InChI is InChI=1S/C29H43NO2/c1-22-9-8-11-23(17-22)19-26(31)12-13-27-28-20-24(18-25(28)21-29(27)32)10-4-2-5-14-30-15-6-3-7-16-30/h8-9,11-13,17-18,25-29,31-32H,2-7,10,14-16,19-21H2,1H3/t25-,26-,27+,28-,29+/m0/s1. The third-order valence-corrected chi connectivity index (χ3v) is 7.95. The lowest BCUT2D eigenvalue weighted by atomic mass is 9.88. The molecule has 2 fully saturated rings. The highest BCUT2D eigenvalue weighted by atomic mass is 16.3. The molecule has 1 heterocycles. The predicted molar refractivity (Wildman–Crippen MR) is 133 cm³/mol. The monoisotopic (exact) mass is 437 g/mol. The fourth-order valence-electron chi connectivity index (χ4n) is 6.24. The van der Waals surface area contributed by atoms with Crippen LogP contribution in [0.4, 0.5) is 0 Å². The predicted octanol–water partition coefficient (Wildman–Crippen LogP) is 5.44. The van der Waals surface area contributed by atoms with Crippen LogP contribution in [0.15, 0.2) is 48.1 Å². The molecule has 0 radical (unpaired) electrons. The molecule has 176 valence electrons. The molecular weight excluding hydrogens is 394 g/mol. The number of hydrogen-bond donors (Lipinski definition) is 2. The van der Waals surface area contributed by atoms with Crippen LogP contribution in [0.2, 0.25) is 0 Å². The van der Waals surface area contributed by atoms with E-state index < -0.39 is 6.10 Å². The minimum Gasteiger partial charge on any atom is -0.392 e. The van der Waals surface area contributed by atoms with Gasteiger partial charge in [0.1, 0.15) is 0 Å². The minimum atomic E-state index is -0.489. The molecule has 5 atom stereocenters. The van der Waals surface area contributed by atoms with Gasteiger partial charge >= 0.3 is 0 Å². The van der Waals surface area contributed by atoms with Crippen molar-refractivity contribution in [2.24, 2.45) is 17.8 Å². The van der Waals surface area contributed by atoms with E-state index in [9.17, 15) is 10.2 Å². The molecule has 0 unspecified atom stereocenters. The summed E-state index contributed by atoms with van der Waals surface area (Å²) in [5, 5.41) is 21.1. The maximum absolute atomic E-state index is 10.6. The number of likely N-dealkylation sites (tertiary alicyclic amines) is 1. The van der Waals surface area contributed by atoms with Gasteiger partial charge in [0.15, 0.2) is 0 Å². The second kappa shape index (κ2) is 11.6. The molecule has 1 aromatic rings. The molecule has 3 heteroatoms. The Morgan fingerprint density at radius 1 is 1.12 bits per heavy atom. The topological polar surface area (TPSA) is 43.7 Å². The number of piperidine rings is 1. The van der Waals surface area contributed by atoms with E-state index in [0.29, 0.717) is 18.3 Å². The maximum Gasteiger partial charge on any atom is 0.0761 e. The van der Waals surface area contributed by atoms with Crippen molar-refractivity contribution in [3.05, 3.63) is 59.2 Å². The third kappa shape index (κ3) is 6.56. The molecule has 1 aliphatic heterocycles. The molecule has 2 aliphatic carbocycles. The second-order valence-electron chi connectivity index (χ2n) is 10.6. The first-order chi connectivity index (χ1) is 15.6. The first kappa shape index (κ1) is 23.7. The van der Waals surface area contributed by atoms with Crippen LogP contribution >= 0.6 is 0 Å². The van der Waals surface area contributed by atoms with E-state index in [1.54, 1.807) is 5.57 Å². The highest BCUT2D eigenvalue weighted by molar-refractivity contribution is 5.24. The molecule has 2 N–H and O–H groups in total. The fourth-order valence-corrected chi connectivity index (χ4v) is 6.24. The summed E-state index contributed by atoms with van der Waals surface area (Å²) in [6.45, 7) is 5.99. The van der Waals surface area contributed by atoms with Gasteiger partial charge in [-0.2, -0.15) is 0 Å². The smallest absolute Gasteiger partial charge is 0.0761 e. The molecule has 0 amide bonds. The maximum atomic E-state index is 10.6. The van der Waals surface area contributed by atoms with Crippen molar-refractivity contribution >= 4 is 0 Å². The van der Waals surface area contributed by atoms with Crippen LogP contribution in [0, 0.1) is 24.7 Å². The van der Waals surface area contributed by atoms with E-state index >= 15 is 0 Å². The van der Waals surface area contributed by atoms with Crippen molar-refractivity contribution in [1.29, 1.82) is 0 Å². The van der Waals surface area contributed by atoms with Gasteiger partial charge in [0, 0.05) is 12.3 Å². The summed E-state index contributed by atoms with van der Waals surface area (Å²) in [4.78, 5) is 2.65. The van der Waals surface area contributed by atoms with Gasteiger partial charge < -0.3 is 15.1 Å². The van der Waals surface area contributed by atoms with Gasteiger partial charge in [-0.3, -0.25) is 0 Å². The van der Waals surface area contributed by atoms with Crippen molar-refractivity contribution in [3.8, 4) is 0 Å². The number of aryl methyl sites for hydroxylation is 1. The molecule has 1 saturated heterocycles. The lowest BCUT2D eigenvalue weighted by molar-refractivity contribution is 0.140. The van der Waals surface area contributed by atoms with Crippen molar-refractivity contribution in [2.45, 2.75) is 83.3 Å². The molecule has 3 nitrogen and oxygen atoms in total. The fraction of sp³-hybridized carbons (Fsp3) is 0.655. The van der Waals surface area contributed by atoms with Gasteiger partial charge in [0.05, 0.1) is 12.2 Å². The Bertz CT molecular complexity index is 779. The zero-order valence-electron chi connectivity index (χ0n) is 20.0. The Hall–Kier alpha value is -1.42. The van der Waals surface area contributed by atoms with Crippen LogP contribution in [-0.2, 0) is 6.42 Å². The summed E-state index contributed by atoms with van der Waals surface area (Å²) in [6, 6.07) is 8.34. The molecule has 0 aromatic heterocycles. The number of benzene rings is 1. The number of rotatable bonds is 10. The molecule has 4 rings (SSSR count). The first-order valence-electron chi connectivity index (χ1n) is 13.1. The summed E-state index contributed by atoms with van der Waals surface area (Å²) in [5.74, 6) is 1.23. The Morgan fingerprint density at radius 3 is 2.78 bits per heavy atom. The van der Waals surface area contributed by atoms with Gasteiger partial charge in [-0.25, -0.2) is 0 Å². The normalized spacial score (nSPS) is 29.4. The Morgan fingerprint density at radius 2 is 1.97 bits per heavy atom. The molecule has 1 saturated carbocycles. The highest BCUT2D eigenvalue weighted by Gasteiger charge is 2.43. The largest absolute Gasteiger partial charge is 0.392 e. The second-order valence-corrected chi connectivity index (χ2v) is 10.6. The molecule has 3 aliphatic rings. The number of nitrogens with zero attached hydrogens (tertiary/aromatic N) is 1. The van der Waals surface area contributed by atoms with E-state index in [1.165, 1.54) is 70.1 Å². The summed E-state index contributed by atoms with van der Waals surface area (Å²) >= 11 is 0. The first-order valence-corrected chi connectivity index (χ1v) is 13.1. The van der Waals surface area contributed by atoms with Crippen LogP contribution in [0.5, 0.6) is 0 Å². The molecule has 32 heavy (non-hydrogen) atoms. The molecule has 0 bridgehead atoms. The lowest BCUT2D eigenvalue weighted by Gasteiger charge is -2.26. The highest BCUT2D eigenvalue weighted by Crippen LogP contribution is 2.48. The third-order valence-electron chi connectivity index (χ3n) is 7.95. The van der Waals surface area contributed by atoms with Crippen molar-refractivity contribution in [1.82, 2.24) is 4.90 Å². The van der Waals surface area contributed by atoms with E-state index in [4.69, 9.17) is 0 Å². The van der Waals surface area contributed by atoms with Gasteiger partial charge in [-0.1, -0.05) is 66.5 Å². The summed E-state index contributed by atoms with van der Waals surface area (Å²) in [6.07, 6.45) is 17.8. The lowest BCUT2D eigenvalue weighted by Crippen LogP contribution is -2.30.